The van der Waals surface area contributed by atoms with E-state index in [2.05, 4.69) is 125 Å². The summed E-state index contributed by atoms with van der Waals surface area (Å²) in [7, 11) is 0. The van der Waals surface area contributed by atoms with Crippen molar-refractivity contribution >= 4 is 5.97 Å². The van der Waals surface area contributed by atoms with Crippen LogP contribution >= 0.6 is 0 Å². The van der Waals surface area contributed by atoms with E-state index in [1.54, 1.807) is 12.1 Å². The van der Waals surface area contributed by atoms with Gasteiger partial charge in [-0.2, -0.15) is 4.57 Å². The van der Waals surface area contributed by atoms with Crippen LogP contribution < -0.4 is 9.13 Å². The third-order valence-electron chi connectivity index (χ3n) is 7.91. The van der Waals surface area contributed by atoms with Crippen LogP contribution in [-0.4, -0.2) is 11.1 Å². The molecule has 6 aromatic rings. The summed E-state index contributed by atoms with van der Waals surface area (Å²) in [5, 5.41) is 9.10. The number of fused-ring (bicyclic) bond motifs is 3. The second-order valence-electron chi connectivity index (χ2n) is 10.5. The lowest BCUT2D eigenvalue weighted by molar-refractivity contribution is -0.688. The highest BCUT2D eigenvalue weighted by Crippen LogP contribution is 2.36. The molecule has 0 unspecified atom stereocenters. The summed E-state index contributed by atoms with van der Waals surface area (Å²) in [5.74, 6) is -0.910. The van der Waals surface area contributed by atoms with Gasteiger partial charge in [0.05, 0.1) is 5.56 Å². The molecule has 41 heavy (non-hydrogen) atoms. The molecule has 0 bridgehead atoms. The Bertz CT molecular complexity index is 1870. The van der Waals surface area contributed by atoms with Crippen molar-refractivity contribution in [1.29, 1.82) is 0 Å². The number of carboxylic acids is 1. The Labute approximate surface area is 239 Å². The van der Waals surface area contributed by atoms with Gasteiger partial charge in [0.15, 0.2) is 31.3 Å². The molecular formula is C37H28N2O2+2. The molecule has 0 atom stereocenters. The van der Waals surface area contributed by atoms with Crippen molar-refractivity contribution in [1.82, 2.24) is 0 Å². The molecule has 1 N–H and O–H groups in total. The first-order valence-electron chi connectivity index (χ1n) is 13.8. The molecular weight excluding hydrogens is 504 g/mol. The van der Waals surface area contributed by atoms with Crippen LogP contribution in [0.15, 0.2) is 140 Å². The van der Waals surface area contributed by atoms with E-state index in [1.807, 2.05) is 12.1 Å². The molecule has 0 fully saturated rings. The SMILES string of the molecule is O=C(O)c1ccc(-c2ccc(C[n+]3ccc(-c4cc[n+](-c5ccc6c(c5)Cc5ccccc5-6)cc4)cc3)cc2)cc1. The maximum atomic E-state index is 11.1. The molecule has 0 saturated heterocycles. The Kier molecular flexibility index (Phi) is 6.21. The fourth-order valence-corrected chi connectivity index (χ4v) is 5.66. The van der Waals surface area contributed by atoms with Gasteiger partial charge in [-0.1, -0.05) is 60.7 Å². The van der Waals surface area contributed by atoms with Crippen LogP contribution in [0.2, 0.25) is 0 Å². The molecule has 196 valence electrons. The molecule has 0 saturated carbocycles. The summed E-state index contributed by atoms with van der Waals surface area (Å²) >= 11 is 0. The monoisotopic (exact) mass is 532 g/mol. The van der Waals surface area contributed by atoms with Crippen LogP contribution in [0.4, 0.5) is 0 Å². The lowest BCUT2D eigenvalue weighted by Gasteiger charge is -2.05. The second-order valence-corrected chi connectivity index (χ2v) is 10.5. The maximum absolute atomic E-state index is 11.1. The third-order valence-corrected chi connectivity index (χ3v) is 7.91. The van der Waals surface area contributed by atoms with Crippen LogP contribution in [-0.2, 0) is 13.0 Å². The Morgan fingerprint density at radius 2 is 1.20 bits per heavy atom. The quantitative estimate of drug-likeness (QED) is 0.237. The minimum absolute atomic E-state index is 0.297. The summed E-state index contributed by atoms with van der Waals surface area (Å²) in [4.78, 5) is 11.1. The van der Waals surface area contributed by atoms with Gasteiger partial charge >= 0.3 is 5.97 Å². The van der Waals surface area contributed by atoms with E-state index in [9.17, 15) is 4.79 Å². The molecule has 1 aliphatic carbocycles. The molecule has 0 spiro atoms. The van der Waals surface area contributed by atoms with Gasteiger partial charge in [0.2, 0.25) is 5.69 Å². The Morgan fingerprint density at radius 1 is 0.610 bits per heavy atom. The number of aromatic nitrogens is 2. The Morgan fingerprint density at radius 3 is 1.88 bits per heavy atom. The first kappa shape index (κ1) is 24.7. The molecule has 4 heteroatoms. The van der Waals surface area contributed by atoms with Gasteiger partial charge in [0, 0.05) is 42.0 Å². The minimum atomic E-state index is -0.910. The van der Waals surface area contributed by atoms with Crippen LogP contribution in [0.5, 0.6) is 0 Å². The van der Waals surface area contributed by atoms with Crippen LogP contribution in [0.1, 0.15) is 27.0 Å². The highest BCUT2D eigenvalue weighted by Gasteiger charge is 2.20. The fourth-order valence-electron chi connectivity index (χ4n) is 5.66. The largest absolute Gasteiger partial charge is 0.478 e. The average molecular weight is 533 g/mol. The minimum Gasteiger partial charge on any atom is -0.478 e. The van der Waals surface area contributed by atoms with E-state index in [0.717, 1.165) is 24.1 Å². The number of carboxylic acid groups (broad SMARTS) is 1. The molecule has 7 rings (SSSR count). The van der Waals surface area contributed by atoms with Crippen molar-refractivity contribution in [2.75, 3.05) is 0 Å². The molecule has 4 nitrogen and oxygen atoms in total. The number of pyridine rings is 2. The van der Waals surface area contributed by atoms with Crippen molar-refractivity contribution in [3.8, 4) is 39.1 Å². The standard InChI is InChI=1S/C37H27N2O2/c40-37(41)31-11-9-28(10-12-31)27-7-5-26(6-8-27)25-38-19-15-29(16-20-38)30-17-21-39(22-18-30)34-13-14-36-33(24-34)23-32-3-1-2-4-35(32)36/h1-22,24H,23,25H2/q+1/p+1. The van der Waals surface area contributed by atoms with Crippen molar-refractivity contribution in [2.45, 2.75) is 13.0 Å². The molecule has 0 radical (unpaired) electrons. The third kappa shape index (κ3) is 4.92. The van der Waals surface area contributed by atoms with E-state index in [0.29, 0.717) is 5.56 Å². The molecule has 2 heterocycles. The van der Waals surface area contributed by atoms with Crippen molar-refractivity contribution in [3.05, 3.63) is 162 Å². The van der Waals surface area contributed by atoms with Crippen molar-refractivity contribution in [2.24, 2.45) is 0 Å². The lowest BCUT2D eigenvalue weighted by atomic mass is 10.0. The van der Waals surface area contributed by atoms with Gasteiger partial charge in [-0.25, -0.2) is 9.36 Å². The van der Waals surface area contributed by atoms with Crippen molar-refractivity contribution in [3.63, 3.8) is 0 Å². The summed E-state index contributed by atoms with van der Waals surface area (Å²) in [6, 6.07) is 39.5. The molecule has 0 amide bonds. The summed E-state index contributed by atoms with van der Waals surface area (Å²) in [6.07, 6.45) is 9.50. The normalized spacial score (nSPS) is 11.6. The smallest absolute Gasteiger partial charge is 0.335 e. The van der Waals surface area contributed by atoms with E-state index in [1.165, 1.54) is 44.6 Å². The van der Waals surface area contributed by atoms with Crippen LogP contribution in [0, 0.1) is 0 Å². The maximum Gasteiger partial charge on any atom is 0.335 e. The van der Waals surface area contributed by atoms with E-state index < -0.39 is 5.97 Å². The summed E-state index contributed by atoms with van der Waals surface area (Å²) in [5.41, 5.74) is 12.6. The predicted octanol–water partition coefficient (Wildman–Crippen LogP) is 6.90. The van der Waals surface area contributed by atoms with Gasteiger partial charge in [0.1, 0.15) is 0 Å². The Hall–Kier alpha value is -5.35. The number of hydrogen-bond acceptors (Lipinski definition) is 1. The fraction of sp³-hybridized carbons (Fsp3) is 0.0541. The van der Waals surface area contributed by atoms with Crippen molar-refractivity contribution < 1.29 is 19.0 Å². The summed E-state index contributed by atoms with van der Waals surface area (Å²) < 4.78 is 4.35. The van der Waals surface area contributed by atoms with Gasteiger partial charge in [0.25, 0.3) is 0 Å². The number of benzene rings is 4. The number of rotatable bonds is 6. The number of hydrogen-bond donors (Lipinski definition) is 1. The van der Waals surface area contributed by atoms with Gasteiger partial charge in [-0.3, -0.25) is 0 Å². The van der Waals surface area contributed by atoms with Crippen LogP contribution in [0.3, 0.4) is 0 Å². The molecule has 2 aromatic heterocycles. The first-order chi connectivity index (χ1) is 20.1. The van der Waals surface area contributed by atoms with Gasteiger partial charge < -0.3 is 5.11 Å². The second kappa shape index (κ2) is 10.3. The van der Waals surface area contributed by atoms with Gasteiger partial charge in [-0.05, 0) is 69.1 Å². The van der Waals surface area contributed by atoms with E-state index in [4.69, 9.17) is 5.11 Å². The van der Waals surface area contributed by atoms with Crippen LogP contribution in [0.25, 0.3) is 39.1 Å². The summed E-state index contributed by atoms with van der Waals surface area (Å²) in [6.45, 7) is 0.773. The number of aromatic carboxylic acids is 1. The zero-order chi connectivity index (χ0) is 27.8. The van der Waals surface area contributed by atoms with E-state index in [-0.39, 0.29) is 0 Å². The topological polar surface area (TPSA) is 45.1 Å². The molecule has 0 aliphatic heterocycles. The molecule has 4 aromatic carbocycles. The zero-order valence-corrected chi connectivity index (χ0v) is 22.4. The number of nitrogens with zero attached hydrogens (tertiary/aromatic N) is 2. The van der Waals surface area contributed by atoms with Gasteiger partial charge in [-0.15, -0.1) is 0 Å². The number of carbonyl (C=O) groups is 1. The first-order valence-corrected chi connectivity index (χ1v) is 13.8. The highest BCUT2D eigenvalue weighted by atomic mass is 16.4. The highest BCUT2D eigenvalue weighted by molar-refractivity contribution is 5.88. The average Bonchev–Trinajstić information content (AvgIpc) is 3.40. The zero-order valence-electron chi connectivity index (χ0n) is 22.4. The predicted molar refractivity (Wildman–Crippen MR) is 160 cm³/mol. The Balaban J connectivity index is 1.02. The molecule has 1 aliphatic rings. The van der Waals surface area contributed by atoms with E-state index >= 15 is 0 Å². The lowest BCUT2D eigenvalue weighted by Crippen LogP contribution is -2.33.